The van der Waals surface area contributed by atoms with Crippen LogP contribution in [-0.4, -0.2) is 26.0 Å². The van der Waals surface area contributed by atoms with Crippen LogP contribution in [0.3, 0.4) is 0 Å². The molecule has 24 heavy (non-hydrogen) atoms. The Balaban J connectivity index is 2.54. The monoisotopic (exact) mass is 391 g/mol. The Morgan fingerprint density at radius 1 is 1.12 bits per heavy atom. The van der Waals surface area contributed by atoms with Crippen molar-refractivity contribution in [2.75, 3.05) is 10.8 Å². The second-order valence-electron chi connectivity index (χ2n) is 4.77. The van der Waals surface area contributed by atoms with Crippen LogP contribution in [0.15, 0.2) is 47.4 Å². The van der Waals surface area contributed by atoms with Crippen molar-refractivity contribution < 1.29 is 22.7 Å². The number of carbonyl (C=O) groups is 1. The SMILES string of the molecule is O=C(O)CCN(c1cc(Cl)ccc1Cl)S(=O)(=O)c1ccc(F)cc1. The summed E-state index contributed by atoms with van der Waals surface area (Å²) in [7, 11) is -4.15. The molecule has 0 saturated heterocycles. The van der Waals surface area contributed by atoms with Crippen LogP contribution in [0.2, 0.25) is 10.0 Å². The lowest BCUT2D eigenvalue weighted by atomic mass is 10.3. The van der Waals surface area contributed by atoms with Gasteiger partial charge in [0.05, 0.1) is 22.0 Å². The minimum atomic E-state index is -4.15. The van der Waals surface area contributed by atoms with Crippen LogP contribution in [0.5, 0.6) is 0 Å². The van der Waals surface area contributed by atoms with E-state index in [-0.39, 0.29) is 27.2 Å². The topological polar surface area (TPSA) is 74.7 Å². The van der Waals surface area contributed by atoms with E-state index in [0.717, 1.165) is 28.6 Å². The van der Waals surface area contributed by atoms with E-state index >= 15 is 0 Å². The maximum atomic E-state index is 13.0. The zero-order chi connectivity index (χ0) is 17.9. The molecule has 0 heterocycles. The van der Waals surface area contributed by atoms with Gasteiger partial charge in [0, 0.05) is 11.6 Å². The molecule has 9 heteroatoms. The highest BCUT2D eigenvalue weighted by Crippen LogP contribution is 2.33. The summed E-state index contributed by atoms with van der Waals surface area (Å²) in [5, 5.41) is 9.21. The Hall–Kier alpha value is -1.83. The van der Waals surface area contributed by atoms with E-state index in [1.807, 2.05) is 0 Å². The van der Waals surface area contributed by atoms with Gasteiger partial charge in [-0.25, -0.2) is 12.8 Å². The van der Waals surface area contributed by atoms with E-state index in [9.17, 15) is 17.6 Å². The normalized spacial score (nSPS) is 11.3. The number of sulfonamides is 1. The number of rotatable bonds is 6. The first-order chi connectivity index (χ1) is 11.2. The zero-order valence-corrected chi connectivity index (χ0v) is 14.4. The molecule has 1 N–H and O–H groups in total. The molecular weight excluding hydrogens is 380 g/mol. The van der Waals surface area contributed by atoms with Gasteiger partial charge >= 0.3 is 5.97 Å². The van der Waals surface area contributed by atoms with Crippen molar-refractivity contribution in [3.05, 3.63) is 58.3 Å². The Kier molecular flexibility index (Phi) is 5.69. The minimum Gasteiger partial charge on any atom is -0.481 e. The molecule has 0 bridgehead atoms. The lowest BCUT2D eigenvalue weighted by molar-refractivity contribution is -0.136. The summed E-state index contributed by atoms with van der Waals surface area (Å²) in [6.07, 6.45) is -0.441. The van der Waals surface area contributed by atoms with Crippen molar-refractivity contribution in [3.63, 3.8) is 0 Å². The van der Waals surface area contributed by atoms with Gasteiger partial charge < -0.3 is 5.11 Å². The molecule has 0 spiro atoms. The van der Waals surface area contributed by atoms with Crippen LogP contribution < -0.4 is 4.31 Å². The Labute approximate surface area is 148 Å². The third-order valence-corrected chi connectivity index (χ3v) is 5.49. The average Bonchev–Trinajstić information content (AvgIpc) is 2.50. The Morgan fingerprint density at radius 3 is 2.33 bits per heavy atom. The van der Waals surface area contributed by atoms with E-state index < -0.39 is 28.2 Å². The van der Waals surface area contributed by atoms with Gasteiger partial charge in [-0.3, -0.25) is 9.10 Å². The molecule has 0 radical (unpaired) electrons. The third-order valence-electron chi connectivity index (χ3n) is 3.11. The molecule has 0 aliphatic rings. The first-order valence-corrected chi connectivity index (χ1v) is 8.86. The summed E-state index contributed by atoms with van der Waals surface area (Å²) in [5.74, 6) is -1.76. The quantitative estimate of drug-likeness (QED) is 0.812. The number of anilines is 1. The first-order valence-electron chi connectivity index (χ1n) is 6.67. The number of nitrogens with zero attached hydrogens (tertiary/aromatic N) is 1. The summed E-state index contributed by atoms with van der Waals surface area (Å²) in [4.78, 5) is 10.7. The van der Waals surface area contributed by atoms with Crippen molar-refractivity contribution in [2.45, 2.75) is 11.3 Å². The van der Waals surface area contributed by atoms with Gasteiger partial charge in [0.15, 0.2) is 0 Å². The van der Waals surface area contributed by atoms with E-state index in [1.165, 1.54) is 18.2 Å². The lowest BCUT2D eigenvalue weighted by Gasteiger charge is -2.25. The molecule has 0 atom stereocenters. The van der Waals surface area contributed by atoms with Crippen LogP contribution in [0.4, 0.5) is 10.1 Å². The summed E-state index contributed by atoms with van der Waals surface area (Å²) in [5.41, 5.74) is 0.0507. The largest absolute Gasteiger partial charge is 0.481 e. The molecule has 0 aliphatic carbocycles. The summed E-state index contributed by atoms with van der Waals surface area (Å²) in [6, 6.07) is 8.41. The fraction of sp³-hybridized carbons (Fsp3) is 0.133. The molecule has 0 unspecified atom stereocenters. The zero-order valence-electron chi connectivity index (χ0n) is 12.1. The van der Waals surface area contributed by atoms with Gasteiger partial charge in [-0.15, -0.1) is 0 Å². The number of hydrogen-bond donors (Lipinski definition) is 1. The fourth-order valence-electron chi connectivity index (χ4n) is 1.98. The smallest absolute Gasteiger partial charge is 0.305 e. The predicted molar refractivity (Wildman–Crippen MR) is 89.6 cm³/mol. The maximum absolute atomic E-state index is 13.0. The first kappa shape index (κ1) is 18.5. The van der Waals surface area contributed by atoms with Gasteiger partial charge in [0.2, 0.25) is 0 Å². The Morgan fingerprint density at radius 2 is 1.75 bits per heavy atom. The molecule has 128 valence electrons. The summed E-state index contributed by atoms with van der Waals surface area (Å²) < 4.78 is 39.6. The molecule has 2 rings (SSSR count). The molecule has 0 amide bonds. The van der Waals surface area contributed by atoms with Crippen LogP contribution in [-0.2, 0) is 14.8 Å². The summed E-state index contributed by atoms with van der Waals surface area (Å²) >= 11 is 11.9. The maximum Gasteiger partial charge on any atom is 0.305 e. The Bertz CT molecular complexity index is 856. The number of carboxylic acids is 1. The molecule has 5 nitrogen and oxygen atoms in total. The molecular formula is C15H12Cl2FNO4S. The van der Waals surface area contributed by atoms with Crippen molar-refractivity contribution in [2.24, 2.45) is 0 Å². The highest BCUT2D eigenvalue weighted by molar-refractivity contribution is 7.92. The number of halogens is 3. The van der Waals surface area contributed by atoms with Gasteiger partial charge in [0.1, 0.15) is 5.82 Å². The summed E-state index contributed by atoms with van der Waals surface area (Å²) in [6.45, 7) is -0.352. The number of carboxylic acid groups (broad SMARTS) is 1. The number of aliphatic carboxylic acids is 1. The van der Waals surface area contributed by atoms with Crippen molar-refractivity contribution in [1.82, 2.24) is 0 Å². The lowest BCUT2D eigenvalue weighted by Crippen LogP contribution is -2.33. The van der Waals surface area contributed by atoms with Gasteiger partial charge in [-0.1, -0.05) is 23.2 Å². The molecule has 0 aliphatic heterocycles. The molecule has 0 fully saturated rings. The molecule has 2 aromatic carbocycles. The van der Waals surface area contributed by atoms with Crippen LogP contribution >= 0.6 is 23.2 Å². The second kappa shape index (κ2) is 7.38. The minimum absolute atomic E-state index is 0.0507. The average molecular weight is 392 g/mol. The van der Waals surface area contributed by atoms with Crippen molar-refractivity contribution >= 4 is 44.9 Å². The molecule has 2 aromatic rings. The fourth-order valence-corrected chi connectivity index (χ4v) is 3.89. The van der Waals surface area contributed by atoms with Crippen LogP contribution in [0.25, 0.3) is 0 Å². The van der Waals surface area contributed by atoms with Gasteiger partial charge in [-0.05, 0) is 42.5 Å². The predicted octanol–water partition coefficient (Wildman–Crippen LogP) is 3.80. The number of benzene rings is 2. The number of hydrogen-bond acceptors (Lipinski definition) is 3. The molecule has 0 saturated carbocycles. The van der Waals surface area contributed by atoms with E-state index in [0.29, 0.717) is 0 Å². The molecule has 0 aromatic heterocycles. The van der Waals surface area contributed by atoms with E-state index in [1.54, 1.807) is 0 Å². The van der Waals surface area contributed by atoms with Gasteiger partial charge in [-0.2, -0.15) is 0 Å². The third kappa shape index (κ3) is 4.17. The standard InChI is InChI=1S/C15H12Cl2FNO4S/c16-10-1-6-13(17)14(9-10)19(8-7-15(20)21)24(22,23)12-4-2-11(18)3-5-12/h1-6,9H,7-8H2,(H,20,21). The van der Waals surface area contributed by atoms with Crippen molar-refractivity contribution in [3.8, 4) is 0 Å². The highest BCUT2D eigenvalue weighted by Gasteiger charge is 2.27. The van der Waals surface area contributed by atoms with Crippen LogP contribution in [0, 0.1) is 5.82 Å². The van der Waals surface area contributed by atoms with E-state index in [2.05, 4.69) is 0 Å². The van der Waals surface area contributed by atoms with Crippen LogP contribution in [0.1, 0.15) is 6.42 Å². The van der Waals surface area contributed by atoms with Crippen molar-refractivity contribution in [1.29, 1.82) is 0 Å². The highest BCUT2D eigenvalue weighted by atomic mass is 35.5. The second-order valence-corrected chi connectivity index (χ2v) is 7.48. The van der Waals surface area contributed by atoms with E-state index in [4.69, 9.17) is 28.3 Å². The van der Waals surface area contributed by atoms with Gasteiger partial charge in [0.25, 0.3) is 10.0 Å².